The average Bonchev–Trinajstić information content (AvgIpc) is 2.81. The molecule has 2 rings (SSSR count). The second kappa shape index (κ2) is 14.3. The van der Waals surface area contributed by atoms with Crippen LogP contribution in [0.5, 0.6) is 0 Å². The van der Waals surface area contributed by atoms with E-state index in [0.717, 1.165) is 0 Å². The Morgan fingerprint density at radius 3 is 2.28 bits per heavy atom. The summed E-state index contributed by atoms with van der Waals surface area (Å²) in [5.74, 6) is -2.54. The van der Waals surface area contributed by atoms with Crippen LogP contribution in [-0.4, -0.2) is 65.3 Å². The lowest BCUT2D eigenvalue weighted by Crippen LogP contribution is -2.57. The van der Waals surface area contributed by atoms with Gasteiger partial charge in [0.05, 0.1) is 6.42 Å². The number of hydrogen-bond donors (Lipinski definition) is 4. The largest absolute Gasteiger partial charge is 0.456 e. The smallest absolute Gasteiger partial charge is 0.329 e. The van der Waals surface area contributed by atoms with Gasteiger partial charge in [-0.1, -0.05) is 61.4 Å². The third kappa shape index (κ3) is 8.88. The van der Waals surface area contributed by atoms with E-state index in [4.69, 9.17) is 4.74 Å². The predicted octanol–water partition coefficient (Wildman–Crippen LogP) is 1.43. The van der Waals surface area contributed by atoms with Gasteiger partial charge in [0.25, 0.3) is 5.91 Å². The summed E-state index contributed by atoms with van der Waals surface area (Å²) in [6.45, 7) is 8.66. The Morgan fingerprint density at radius 1 is 0.944 bits per heavy atom. The molecule has 0 aliphatic carbocycles. The van der Waals surface area contributed by atoms with Gasteiger partial charge in [-0.05, 0) is 31.3 Å². The lowest BCUT2D eigenvalue weighted by molar-refractivity contribution is -0.153. The van der Waals surface area contributed by atoms with Crippen LogP contribution in [0.25, 0.3) is 0 Å². The van der Waals surface area contributed by atoms with E-state index < -0.39 is 53.8 Å². The Labute approximate surface area is 220 Å². The Kier molecular flexibility index (Phi) is 11.8. The molecule has 36 heavy (non-hydrogen) atoms. The van der Waals surface area contributed by atoms with Crippen molar-refractivity contribution in [3.63, 3.8) is 0 Å². The van der Waals surface area contributed by atoms with Crippen molar-refractivity contribution in [2.45, 2.75) is 71.7 Å². The zero-order chi connectivity index (χ0) is 26.8. The summed E-state index contributed by atoms with van der Waals surface area (Å²) >= 11 is 0. The van der Waals surface area contributed by atoms with Gasteiger partial charge >= 0.3 is 5.97 Å². The molecular weight excluding hydrogens is 504 g/mol. The molecule has 200 valence electrons. The Bertz CT molecular complexity index is 905. The molecule has 12 heteroatoms. The highest BCUT2D eigenvalue weighted by Gasteiger charge is 2.33. The summed E-state index contributed by atoms with van der Waals surface area (Å²) in [6.07, 6.45) is 4.51. The predicted molar refractivity (Wildman–Crippen MR) is 141 cm³/mol. The number of hydrogen-bond acceptors (Lipinski definition) is 8. The van der Waals surface area contributed by atoms with Crippen molar-refractivity contribution >= 4 is 51.2 Å². The molecule has 4 N–H and O–H groups in total. The van der Waals surface area contributed by atoms with E-state index >= 15 is 0 Å². The SMILES string of the molecule is C/C=C1/NC(=O)[C@H]2CSSCCC=C[C@@H](CC(=O)N[C@H](C(C)C)C(=O)N2)OC(=O)[C@H](C(C)C)NC1=O. The summed E-state index contributed by atoms with van der Waals surface area (Å²) in [4.78, 5) is 65.2. The first-order valence-corrected chi connectivity index (χ1v) is 14.5. The van der Waals surface area contributed by atoms with E-state index in [1.807, 2.05) is 6.08 Å². The van der Waals surface area contributed by atoms with Gasteiger partial charge in [0.1, 0.15) is 29.9 Å². The molecule has 2 heterocycles. The Morgan fingerprint density at radius 2 is 1.64 bits per heavy atom. The van der Waals surface area contributed by atoms with Gasteiger partial charge in [0.2, 0.25) is 17.7 Å². The molecular formula is C24H36N4O6S2. The normalized spacial score (nSPS) is 28.8. The average molecular weight is 541 g/mol. The van der Waals surface area contributed by atoms with Crippen LogP contribution in [0.2, 0.25) is 0 Å². The summed E-state index contributed by atoms with van der Waals surface area (Å²) in [7, 11) is 2.95. The lowest BCUT2D eigenvalue weighted by Gasteiger charge is -2.27. The van der Waals surface area contributed by atoms with E-state index in [-0.39, 0.29) is 29.7 Å². The number of fused-ring (bicyclic) bond motifs is 7. The molecule has 2 bridgehead atoms. The number of ether oxygens (including phenoxy) is 1. The van der Waals surface area contributed by atoms with Crippen molar-refractivity contribution in [3.8, 4) is 0 Å². The van der Waals surface area contributed by atoms with Crippen molar-refractivity contribution in [2.75, 3.05) is 11.5 Å². The van der Waals surface area contributed by atoms with Crippen molar-refractivity contribution in [2.24, 2.45) is 11.8 Å². The number of carbonyl (C=O) groups excluding carboxylic acids is 5. The minimum absolute atomic E-state index is 0.0445. The molecule has 0 radical (unpaired) electrons. The van der Waals surface area contributed by atoms with Gasteiger partial charge < -0.3 is 26.0 Å². The molecule has 2 aliphatic heterocycles. The van der Waals surface area contributed by atoms with Gasteiger partial charge in [0.15, 0.2) is 0 Å². The molecule has 0 aromatic heterocycles. The maximum Gasteiger partial charge on any atom is 0.329 e. The van der Waals surface area contributed by atoms with Crippen LogP contribution in [0.15, 0.2) is 23.9 Å². The summed E-state index contributed by atoms with van der Waals surface area (Å²) < 4.78 is 5.65. The number of esters is 1. The molecule has 2 aliphatic rings. The molecule has 1 fully saturated rings. The first-order chi connectivity index (χ1) is 17.0. The monoisotopic (exact) mass is 540 g/mol. The van der Waals surface area contributed by atoms with Crippen molar-refractivity contribution in [1.29, 1.82) is 0 Å². The van der Waals surface area contributed by atoms with Crippen LogP contribution in [0.4, 0.5) is 0 Å². The minimum Gasteiger partial charge on any atom is -0.456 e. The zero-order valence-electron chi connectivity index (χ0n) is 21.3. The van der Waals surface area contributed by atoms with E-state index in [9.17, 15) is 24.0 Å². The Balaban J connectivity index is 2.55. The second-order valence-corrected chi connectivity index (χ2v) is 11.9. The molecule has 10 nitrogen and oxygen atoms in total. The summed E-state index contributed by atoms with van der Waals surface area (Å²) in [5, 5.41) is 10.7. The van der Waals surface area contributed by atoms with Gasteiger partial charge in [-0.15, -0.1) is 0 Å². The van der Waals surface area contributed by atoms with E-state index in [1.165, 1.54) is 27.7 Å². The number of allylic oxidation sites excluding steroid dienone is 2. The highest BCUT2D eigenvalue weighted by Crippen LogP contribution is 2.24. The van der Waals surface area contributed by atoms with Crippen molar-refractivity contribution in [1.82, 2.24) is 21.3 Å². The van der Waals surface area contributed by atoms with Crippen LogP contribution < -0.4 is 21.3 Å². The highest BCUT2D eigenvalue weighted by atomic mass is 33.1. The van der Waals surface area contributed by atoms with Crippen LogP contribution in [0, 0.1) is 11.8 Å². The Hall–Kier alpha value is -2.47. The van der Waals surface area contributed by atoms with Crippen LogP contribution >= 0.6 is 21.6 Å². The first kappa shape index (κ1) is 29.8. The van der Waals surface area contributed by atoms with Crippen LogP contribution in [0.3, 0.4) is 0 Å². The maximum atomic E-state index is 13.2. The second-order valence-electron chi connectivity index (χ2n) is 9.24. The van der Waals surface area contributed by atoms with Gasteiger partial charge in [0, 0.05) is 11.5 Å². The fourth-order valence-corrected chi connectivity index (χ4v) is 5.66. The highest BCUT2D eigenvalue weighted by molar-refractivity contribution is 8.76. The molecule has 4 atom stereocenters. The third-order valence-electron chi connectivity index (χ3n) is 5.59. The molecule has 1 saturated heterocycles. The molecule has 0 aromatic rings. The first-order valence-electron chi connectivity index (χ1n) is 12.0. The lowest BCUT2D eigenvalue weighted by atomic mass is 10.0. The molecule has 4 amide bonds. The van der Waals surface area contributed by atoms with Crippen molar-refractivity contribution < 1.29 is 28.7 Å². The quantitative estimate of drug-likeness (QED) is 0.178. The molecule has 0 aromatic carbocycles. The number of carbonyl (C=O) groups is 5. The number of nitrogens with one attached hydrogen (secondary N) is 4. The fourth-order valence-electron chi connectivity index (χ4n) is 3.50. The summed E-state index contributed by atoms with van der Waals surface area (Å²) in [6, 6.07) is -2.86. The maximum absolute atomic E-state index is 13.2. The van der Waals surface area contributed by atoms with Crippen LogP contribution in [-0.2, 0) is 28.7 Å². The van der Waals surface area contributed by atoms with Gasteiger partial charge in [-0.25, -0.2) is 4.79 Å². The summed E-state index contributed by atoms with van der Waals surface area (Å²) in [5.41, 5.74) is -0.0445. The van der Waals surface area contributed by atoms with Gasteiger partial charge in [-0.3, -0.25) is 19.2 Å². The molecule has 0 unspecified atom stereocenters. The number of rotatable bonds is 2. The zero-order valence-corrected chi connectivity index (χ0v) is 22.9. The minimum atomic E-state index is -1.00. The van der Waals surface area contributed by atoms with Crippen molar-refractivity contribution in [3.05, 3.63) is 23.9 Å². The fraction of sp³-hybridized carbons (Fsp3) is 0.625. The van der Waals surface area contributed by atoms with E-state index in [0.29, 0.717) is 12.2 Å². The third-order valence-corrected chi connectivity index (χ3v) is 8.03. The standard InChI is InChI=1S/C24H36N4O6S2/c1-6-16-21(30)28-20(14(4)5)24(33)34-15-9-7-8-10-35-36-12-17(22(31)25-16)26-23(32)19(13(2)3)27-18(29)11-15/h6-7,9,13-15,17,19-20H,8,10-12H2,1-5H3,(H,25,31)(H,26,32)(H,27,29)(H,28,30)/b9-7?,16-6+/t15-,17+,19+,20-/m0/s1. The van der Waals surface area contributed by atoms with E-state index in [1.54, 1.807) is 40.7 Å². The number of amides is 4. The molecule has 0 saturated carbocycles. The molecule has 0 spiro atoms. The topological polar surface area (TPSA) is 143 Å². The van der Waals surface area contributed by atoms with Gasteiger partial charge in [-0.2, -0.15) is 0 Å². The van der Waals surface area contributed by atoms with E-state index in [2.05, 4.69) is 21.3 Å². The van der Waals surface area contributed by atoms with Crippen LogP contribution in [0.1, 0.15) is 47.5 Å².